The van der Waals surface area contributed by atoms with Crippen LogP contribution in [0.15, 0.2) is 4.99 Å². The molecule has 1 fully saturated rings. The molecule has 0 aromatic rings. The third-order valence-corrected chi connectivity index (χ3v) is 2.94. The first-order valence-corrected chi connectivity index (χ1v) is 5.07. The van der Waals surface area contributed by atoms with Crippen LogP contribution < -0.4 is 5.32 Å². The molecular weight excluding hydrogens is 172 g/mol. The van der Waals surface area contributed by atoms with E-state index in [-0.39, 0.29) is 5.54 Å². The first kappa shape index (κ1) is 9.86. The highest BCUT2D eigenvalue weighted by atomic mass is 32.2. The quantitative estimate of drug-likeness (QED) is 0.673. The Morgan fingerprint density at radius 3 is 2.92 bits per heavy atom. The fourth-order valence-electron chi connectivity index (χ4n) is 0.934. The Labute approximate surface area is 78.0 Å². The SMILES string of the molecule is COCCN=C1NC(C)(C)CS1. The molecule has 0 amide bonds. The molecular formula is C8H16N2OS. The summed E-state index contributed by atoms with van der Waals surface area (Å²) in [7, 11) is 1.69. The third kappa shape index (κ3) is 3.03. The molecule has 4 heteroatoms. The van der Waals surface area contributed by atoms with E-state index in [1.807, 2.05) is 0 Å². The minimum Gasteiger partial charge on any atom is -0.383 e. The van der Waals surface area contributed by atoms with Gasteiger partial charge in [-0.25, -0.2) is 0 Å². The zero-order chi connectivity index (χ0) is 9.03. The topological polar surface area (TPSA) is 33.6 Å². The van der Waals surface area contributed by atoms with Gasteiger partial charge in [0.05, 0.1) is 13.2 Å². The summed E-state index contributed by atoms with van der Waals surface area (Å²) in [5.41, 5.74) is 0.205. The number of aliphatic imine (C=N–C) groups is 1. The summed E-state index contributed by atoms with van der Waals surface area (Å²) < 4.78 is 4.91. The van der Waals surface area contributed by atoms with Gasteiger partial charge in [-0.05, 0) is 13.8 Å². The van der Waals surface area contributed by atoms with Crippen LogP contribution in [0.1, 0.15) is 13.8 Å². The molecule has 0 radical (unpaired) electrons. The van der Waals surface area contributed by atoms with Gasteiger partial charge >= 0.3 is 0 Å². The molecule has 70 valence electrons. The lowest BCUT2D eigenvalue weighted by Gasteiger charge is -2.15. The van der Waals surface area contributed by atoms with E-state index < -0.39 is 0 Å². The molecule has 0 aromatic heterocycles. The van der Waals surface area contributed by atoms with Crippen molar-refractivity contribution in [2.45, 2.75) is 19.4 Å². The number of methoxy groups -OCH3 is 1. The monoisotopic (exact) mass is 188 g/mol. The van der Waals surface area contributed by atoms with Crippen LogP contribution >= 0.6 is 11.8 Å². The molecule has 1 heterocycles. The van der Waals surface area contributed by atoms with E-state index in [1.54, 1.807) is 18.9 Å². The molecule has 0 unspecified atom stereocenters. The van der Waals surface area contributed by atoms with Crippen LogP contribution in [0.5, 0.6) is 0 Å². The van der Waals surface area contributed by atoms with Gasteiger partial charge in [-0.1, -0.05) is 11.8 Å². The Hall–Kier alpha value is -0.220. The van der Waals surface area contributed by atoms with Crippen LogP contribution in [0.25, 0.3) is 0 Å². The lowest BCUT2D eigenvalue weighted by molar-refractivity contribution is 0.208. The van der Waals surface area contributed by atoms with Crippen LogP contribution in [0.2, 0.25) is 0 Å². The molecule has 0 aromatic carbocycles. The number of nitrogens with one attached hydrogen (secondary N) is 1. The van der Waals surface area contributed by atoms with Gasteiger partial charge in [0, 0.05) is 18.4 Å². The Kier molecular flexibility index (Phi) is 3.40. The minimum atomic E-state index is 0.205. The third-order valence-electron chi connectivity index (χ3n) is 1.57. The zero-order valence-corrected chi connectivity index (χ0v) is 8.70. The smallest absolute Gasteiger partial charge is 0.157 e. The predicted molar refractivity (Wildman–Crippen MR) is 53.9 cm³/mol. The summed E-state index contributed by atoms with van der Waals surface area (Å²) in [6.07, 6.45) is 0. The standard InChI is InChI=1S/C8H16N2OS/c1-8(2)6-12-7(10-8)9-4-5-11-3/h4-6H2,1-3H3,(H,9,10). The van der Waals surface area contributed by atoms with Gasteiger partial charge in [0.15, 0.2) is 5.17 Å². The zero-order valence-electron chi connectivity index (χ0n) is 7.89. The summed E-state index contributed by atoms with van der Waals surface area (Å²) in [6.45, 7) is 5.81. The van der Waals surface area contributed by atoms with E-state index >= 15 is 0 Å². The van der Waals surface area contributed by atoms with Crippen molar-refractivity contribution in [3.8, 4) is 0 Å². The van der Waals surface area contributed by atoms with Crippen molar-refractivity contribution in [3.05, 3.63) is 0 Å². The molecule has 1 aliphatic rings. The van der Waals surface area contributed by atoms with Crippen molar-refractivity contribution in [2.24, 2.45) is 4.99 Å². The number of hydrogen-bond donors (Lipinski definition) is 1. The number of thioether (sulfide) groups is 1. The second-order valence-corrected chi connectivity index (χ2v) is 4.44. The molecule has 0 atom stereocenters. The summed E-state index contributed by atoms with van der Waals surface area (Å²) in [5.74, 6) is 1.10. The summed E-state index contributed by atoms with van der Waals surface area (Å²) >= 11 is 1.78. The van der Waals surface area contributed by atoms with E-state index in [0.29, 0.717) is 6.61 Å². The maximum atomic E-state index is 4.91. The Balaban J connectivity index is 2.31. The highest BCUT2D eigenvalue weighted by molar-refractivity contribution is 8.14. The second-order valence-electron chi connectivity index (χ2n) is 3.48. The van der Waals surface area contributed by atoms with E-state index in [9.17, 15) is 0 Å². The molecule has 12 heavy (non-hydrogen) atoms. The van der Waals surface area contributed by atoms with Gasteiger partial charge in [0.25, 0.3) is 0 Å². The van der Waals surface area contributed by atoms with Crippen LogP contribution in [0.4, 0.5) is 0 Å². The van der Waals surface area contributed by atoms with Crippen LogP contribution in [0.3, 0.4) is 0 Å². The van der Waals surface area contributed by atoms with Crippen molar-refractivity contribution in [2.75, 3.05) is 26.0 Å². The average Bonchev–Trinajstić information content (AvgIpc) is 2.31. The normalized spacial score (nSPS) is 24.4. The Bertz CT molecular complexity index is 180. The highest BCUT2D eigenvalue weighted by Crippen LogP contribution is 2.21. The van der Waals surface area contributed by atoms with E-state index in [4.69, 9.17) is 4.74 Å². The lowest BCUT2D eigenvalue weighted by atomic mass is 10.1. The van der Waals surface area contributed by atoms with Crippen LogP contribution in [-0.4, -0.2) is 36.7 Å². The fourth-order valence-corrected chi connectivity index (χ4v) is 2.03. The molecule has 0 saturated carbocycles. The number of ether oxygens (including phenoxy) is 1. The lowest BCUT2D eigenvalue weighted by Crippen LogP contribution is -2.37. The maximum Gasteiger partial charge on any atom is 0.157 e. The molecule has 1 N–H and O–H groups in total. The molecule has 0 spiro atoms. The highest BCUT2D eigenvalue weighted by Gasteiger charge is 2.26. The largest absolute Gasteiger partial charge is 0.383 e. The van der Waals surface area contributed by atoms with Crippen LogP contribution in [0, 0.1) is 0 Å². The van der Waals surface area contributed by atoms with Crippen molar-refractivity contribution in [1.82, 2.24) is 5.32 Å². The van der Waals surface area contributed by atoms with Crippen molar-refractivity contribution in [3.63, 3.8) is 0 Å². The molecule has 1 saturated heterocycles. The van der Waals surface area contributed by atoms with Gasteiger partial charge in [0.2, 0.25) is 0 Å². The van der Waals surface area contributed by atoms with Crippen molar-refractivity contribution in [1.29, 1.82) is 0 Å². The second kappa shape index (κ2) is 4.14. The molecule has 1 aliphatic heterocycles. The van der Waals surface area contributed by atoms with Gasteiger partial charge in [0.1, 0.15) is 0 Å². The number of amidine groups is 1. The number of hydrogen-bond acceptors (Lipinski definition) is 3. The average molecular weight is 188 g/mol. The Morgan fingerprint density at radius 1 is 1.67 bits per heavy atom. The van der Waals surface area contributed by atoms with E-state index in [0.717, 1.165) is 17.5 Å². The fraction of sp³-hybridized carbons (Fsp3) is 0.875. The predicted octanol–water partition coefficient (Wildman–Crippen LogP) is 1.10. The molecule has 1 rings (SSSR count). The van der Waals surface area contributed by atoms with Crippen LogP contribution in [-0.2, 0) is 4.74 Å². The summed E-state index contributed by atoms with van der Waals surface area (Å²) in [4.78, 5) is 4.35. The summed E-state index contributed by atoms with van der Waals surface area (Å²) in [6, 6.07) is 0. The van der Waals surface area contributed by atoms with Gasteiger partial charge in [-0.3, -0.25) is 4.99 Å². The molecule has 0 aliphatic carbocycles. The van der Waals surface area contributed by atoms with Gasteiger partial charge in [-0.2, -0.15) is 0 Å². The van der Waals surface area contributed by atoms with E-state index in [2.05, 4.69) is 24.2 Å². The summed E-state index contributed by atoms with van der Waals surface area (Å²) in [5, 5.41) is 4.40. The molecule has 0 bridgehead atoms. The maximum absolute atomic E-state index is 4.91. The minimum absolute atomic E-state index is 0.205. The van der Waals surface area contributed by atoms with E-state index in [1.165, 1.54) is 0 Å². The first-order valence-electron chi connectivity index (χ1n) is 4.08. The van der Waals surface area contributed by atoms with Gasteiger partial charge < -0.3 is 10.1 Å². The Morgan fingerprint density at radius 2 is 2.42 bits per heavy atom. The number of nitrogens with zero attached hydrogens (tertiary/aromatic N) is 1. The number of rotatable bonds is 3. The van der Waals surface area contributed by atoms with Crippen molar-refractivity contribution >= 4 is 16.9 Å². The first-order chi connectivity index (χ1) is 5.64. The van der Waals surface area contributed by atoms with Crippen molar-refractivity contribution < 1.29 is 4.74 Å². The van der Waals surface area contributed by atoms with Gasteiger partial charge in [-0.15, -0.1) is 0 Å². The molecule has 3 nitrogen and oxygen atoms in total.